The number of furan rings is 1. The maximum absolute atomic E-state index is 12.1. The number of nitrogens with zero attached hydrogens (tertiary/aromatic N) is 3. The summed E-state index contributed by atoms with van der Waals surface area (Å²) in [7, 11) is 0. The van der Waals surface area contributed by atoms with Crippen LogP contribution in [0.1, 0.15) is 10.6 Å². The summed E-state index contributed by atoms with van der Waals surface area (Å²) in [6, 6.07) is 8.00. The Morgan fingerprint density at radius 1 is 1.24 bits per heavy atom. The molecule has 3 rings (SSSR count). The summed E-state index contributed by atoms with van der Waals surface area (Å²) >= 11 is 11.6. The number of benzene rings is 1. The van der Waals surface area contributed by atoms with E-state index in [0.29, 0.717) is 16.4 Å². The monoisotopic (exact) mass is 322 g/mol. The van der Waals surface area contributed by atoms with Gasteiger partial charge in [0.25, 0.3) is 5.91 Å². The molecule has 1 amide bonds. The number of anilines is 1. The van der Waals surface area contributed by atoms with Crippen LogP contribution in [0.2, 0.25) is 10.2 Å². The fraction of sp³-hybridized carbons (Fsp3) is 0. The van der Waals surface area contributed by atoms with Gasteiger partial charge in [0, 0.05) is 5.02 Å². The van der Waals surface area contributed by atoms with Crippen LogP contribution in [0, 0.1) is 0 Å². The van der Waals surface area contributed by atoms with Crippen molar-refractivity contribution in [2.45, 2.75) is 0 Å². The van der Waals surface area contributed by atoms with Gasteiger partial charge in [-0.1, -0.05) is 11.6 Å². The quantitative estimate of drug-likeness (QED) is 0.801. The van der Waals surface area contributed by atoms with Crippen molar-refractivity contribution in [1.82, 2.24) is 14.8 Å². The normalized spacial score (nSPS) is 10.6. The number of hydrogen-bond acceptors (Lipinski definition) is 4. The molecule has 2 aromatic heterocycles. The summed E-state index contributed by atoms with van der Waals surface area (Å²) in [6.07, 6.45) is 2.91. The first-order valence-corrected chi connectivity index (χ1v) is 6.60. The van der Waals surface area contributed by atoms with E-state index in [0.717, 1.165) is 0 Å². The van der Waals surface area contributed by atoms with Crippen molar-refractivity contribution in [1.29, 1.82) is 0 Å². The molecule has 0 atom stereocenters. The van der Waals surface area contributed by atoms with Crippen LogP contribution >= 0.6 is 23.2 Å². The number of carbonyl (C=O) groups is 1. The lowest BCUT2D eigenvalue weighted by molar-refractivity contribution is 0.0996. The fourth-order valence-corrected chi connectivity index (χ4v) is 2.08. The number of hydrogen-bond donors (Lipinski definition) is 1. The Balaban J connectivity index is 1.94. The van der Waals surface area contributed by atoms with Gasteiger partial charge in [-0.2, -0.15) is 5.10 Å². The highest BCUT2D eigenvalue weighted by Gasteiger charge is 2.14. The molecule has 0 saturated heterocycles. The first kappa shape index (κ1) is 13.7. The third kappa shape index (κ3) is 2.91. The fourth-order valence-electron chi connectivity index (χ4n) is 1.76. The molecule has 0 fully saturated rings. The lowest BCUT2D eigenvalue weighted by Gasteiger charge is -2.10. The zero-order chi connectivity index (χ0) is 14.8. The lowest BCUT2D eigenvalue weighted by Crippen LogP contribution is -2.13. The van der Waals surface area contributed by atoms with E-state index >= 15 is 0 Å². The highest BCUT2D eigenvalue weighted by Crippen LogP contribution is 2.25. The molecule has 0 saturated carbocycles. The van der Waals surface area contributed by atoms with Crippen LogP contribution < -0.4 is 5.32 Å². The van der Waals surface area contributed by atoms with E-state index in [1.54, 1.807) is 18.2 Å². The largest absolute Gasteiger partial charge is 0.440 e. The number of halogens is 2. The van der Waals surface area contributed by atoms with Gasteiger partial charge in [-0.05, 0) is 41.9 Å². The van der Waals surface area contributed by atoms with Gasteiger partial charge < -0.3 is 9.73 Å². The summed E-state index contributed by atoms with van der Waals surface area (Å²) in [6.45, 7) is 0. The molecule has 0 unspecified atom stereocenters. The van der Waals surface area contributed by atoms with Crippen LogP contribution in [-0.4, -0.2) is 20.7 Å². The average Bonchev–Trinajstić information content (AvgIpc) is 3.10. The van der Waals surface area contributed by atoms with E-state index in [2.05, 4.69) is 15.4 Å². The van der Waals surface area contributed by atoms with Crippen LogP contribution in [-0.2, 0) is 0 Å². The van der Waals surface area contributed by atoms with Crippen molar-refractivity contribution in [2.75, 3.05) is 5.32 Å². The summed E-state index contributed by atoms with van der Waals surface area (Å²) < 4.78 is 6.58. The van der Waals surface area contributed by atoms with Gasteiger partial charge in [0.2, 0.25) is 0 Å². The number of amides is 1. The molecule has 0 aliphatic rings. The van der Waals surface area contributed by atoms with E-state index in [-0.39, 0.29) is 11.0 Å². The highest BCUT2D eigenvalue weighted by molar-refractivity contribution is 6.31. The summed E-state index contributed by atoms with van der Waals surface area (Å²) in [5.41, 5.74) is 1.11. The number of rotatable bonds is 3. The molecule has 0 radical (unpaired) electrons. The second-order valence-electron chi connectivity index (χ2n) is 4.06. The third-order valence-electron chi connectivity index (χ3n) is 2.67. The first-order chi connectivity index (χ1) is 10.1. The number of carbonyl (C=O) groups excluding carboxylic acids is 1. The minimum absolute atomic E-state index is 0.101. The summed E-state index contributed by atoms with van der Waals surface area (Å²) in [5, 5.41) is 7.35. The molecule has 21 heavy (non-hydrogen) atoms. The molecule has 0 spiro atoms. The maximum atomic E-state index is 12.1. The molecule has 0 aliphatic carbocycles. The van der Waals surface area contributed by atoms with E-state index in [1.807, 2.05) is 0 Å². The molecule has 0 bridgehead atoms. The van der Waals surface area contributed by atoms with Gasteiger partial charge in [-0.25, -0.2) is 9.67 Å². The Morgan fingerprint density at radius 2 is 2.10 bits per heavy atom. The molecule has 0 aliphatic heterocycles. The highest BCUT2D eigenvalue weighted by atomic mass is 35.5. The molecule has 8 heteroatoms. The van der Waals surface area contributed by atoms with Crippen molar-refractivity contribution >= 4 is 34.8 Å². The molecule has 3 aromatic rings. The van der Waals surface area contributed by atoms with Crippen LogP contribution in [0.4, 0.5) is 5.69 Å². The van der Waals surface area contributed by atoms with Crippen molar-refractivity contribution < 1.29 is 9.21 Å². The van der Waals surface area contributed by atoms with Crippen LogP contribution in [0.25, 0.3) is 5.69 Å². The van der Waals surface area contributed by atoms with Gasteiger partial charge in [0.1, 0.15) is 12.7 Å². The standard InChI is InChI=1S/C13H8Cl2N4O2/c14-8-1-2-10(19-7-16-6-17-19)9(5-8)18-13(20)11-3-4-12(15)21-11/h1-7H,(H,18,20). The maximum Gasteiger partial charge on any atom is 0.291 e. The topological polar surface area (TPSA) is 73.0 Å². The van der Waals surface area contributed by atoms with Crippen molar-refractivity contribution in [3.05, 3.63) is 59.0 Å². The summed E-state index contributed by atoms with van der Waals surface area (Å²) in [4.78, 5) is 16.0. The van der Waals surface area contributed by atoms with Crippen molar-refractivity contribution in [3.63, 3.8) is 0 Å². The Hall–Kier alpha value is -2.31. The minimum atomic E-state index is -0.439. The number of nitrogens with one attached hydrogen (secondary N) is 1. The second kappa shape index (κ2) is 5.59. The smallest absolute Gasteiger partial charge is 0.291 e. The molecule has 106 valence electrons. The zero-order valence-corrected chi connectivity index (χ0v) is 12.0. The van der Waals surface area contributed by atoms with Gasteiger partial charge in [-0.15, -0.1) is 0 Å². The van der Waals surface area contributed by atoms with Crippen LogP contribution in [0.5, 0.6) is 0 Å². The molecule has 6 nitrogen and oxygen atoms in total. The lowest BCUT2D eigenvalue weighted by atomic mass is 10.2. The molecule has 1 aromatic carbocycles. The van der Waals surface area contributed by atoms with Crippen molar-refractivity contribution in [3.8, 4) is 5.69 Å². The average molecular weight is 323 g/mol. The van der Waals surface area contributed by atoms with Crippen LogP contribution in [0.15, 0.2) is 47.4 Å². The van der Waals surface area contributed by atoms with Crippen molar-refractivity contribution in [2.24, 2.45) is 0 Å². The minimum Gasteiger partial charge on any atom is -0.440 e. The third-order valence-corrected chi connectivity index (χ3v) is 3.11. The van der Waals surface area contributed by atoms with E-state index in [4.69, 9.17) is 27.6 Å². The number of aromatic nitrogens is 3. The SMILES string of the molecule is O=C(Nc1cc(Cl)ccc1-n1cncn1)c1ccc(Cl)o1. The molecular weight excluding hydrogens is 315 g/mol. The van der Waals surface area contributed by atoms with E-state index < -0.39 is 5.91 Å². The Morgan fingerprint density at radius 3 is 2.76 bits per heavy atom. The van der Waals surface area contributed by atoms with Gasteiger partial charge >= 0.3 is 0 Å². The predicted molar refractivity (Wildman–Crippen MR) is 78.0 cm³/mol. The Bertz CT molecular complexity index is 783. The molecule has 1 N–H and O–H groups in total. The van der Waals surface area contributed by atoms with Gasteiger partial charge in [-0.3, -0.25) is 4.79 Å². The Labute approximate surface area is 129 Å². The van der Waals surface area contributed by atoms with Gasteiger partial charge in [0.15, 0.2) is 11.0 Å². The van der Waals surface area contributed by atoms with Crippen LogP contribution in [0.3, 0.4) is 0 Å². The Kier molecular flexibility index (Phi) is 3.64. The molecular formula is C13H8Cl2N4O2. The van der Waals surface area contributed by atoms with Gasteiger partial charge in [0.05, 0.1) is 11.4 Å². The first-order valence-electron chi connectivity index (χ1n) is 5.85. The zero-order valence-electron chi connectivity index (χ0n) is 10.5. The van der Waals surface area contributed by atoms with E-state index in [9.17, 15) is 4.79 Å². The predicted octanol–water partition coefficient (Wildman–Crippen LogP) is 3.42. The summed E-state index contributed by atoms with van der Waals surface area (Å²) in [5.74, 6) is -0.338. The second-order valence-corrected chi connectivity index (χ2v) is 4.87. The molecule has 2 heterocycles. The van der Waals surface area contributed by atoms with E-state index in [1.165, 1.54) is 29.5 Å².